The number of carbonyl (C=O) groups is 1. The van der Waals surface area contributed by atoms with Crippen molar-refractivity contribution >= 4 is 5.91 Å². The molecule has 0 aromatic carbocycles. The number of hydrogen-bond acceptors (Lipinski definition) is 3. The summed E-state index contributed by atoms with van der Waals surface area (Å²) in [6.07, 6.45) is 79.4. The van der Waals surface area contributed by atoms with Crippen LogP contribution in [0, 0.1) is 0 Å². The molecule has 0 aromatic rings. The molecule has 0 radical (unpaired) electrons. The minimum Gasteiger partial charge on any atom is -0.394 e. The number of nitrogens with one attached hydrogen (secondary N) is 1. The van der Waals surface area contributed by atoms with Crippen molar-refractivity contribution in [3.63, 3.8) is 0 Å². The van der Waals surface area contributed by atoms with Crippen LogP contribution in [0.1, 0.15) is 354 Å². The molecule has 0 bridgehead atoms. The van der Waals surface area contributed by atoms with Crippen LogP contribution in [0.3, 0.4) is 0 Å². The number of unbranched alkanes of at least 4 members (excludes halogenated alkanes) is 49. The summed E-state index contributed by atoms with van der Waals surface area (Å²) in [5.74, 6) is -0.0571. The fourth-order valence-corrected chi connectivity index (χ4v) is 9.94. The zero-order chi connectivity index (χ0) is 48.5. The van der Waals surface area contributed by atoms with E-state index in [1.54, 1.807) is 6.08 Å². The molecule has 0 spiro atoms. The number of allylic oxidation sites excluding steroid dienone is 3. The lowest BCUT2D eigenvalue weighted by atomic mass is 10.0. The molecule has 2 unspecified atom stereocenters. The number of amides is 1. The predicted molar refractivity (Wildman–Crippen MR) is 299 cm³/mol. The van der Waals surface area contributed by atoms with Crippen LogP contribution in [0.25, 0.3) is 0 Å². The normalized spacial score (nSPS) is 12.8. The van der Waals surface area contributed by atoms with Gasteiger partial charge in [0.2, 0.25) is 5.91 Å². The summed E-state index contributed by atoms with van der Waals surface area (Å²) in [6, 6.07) is -0.621. The van der Waals surface area contributed by atoms with E-state index in [0.29, 0.717) is 6.42 Å². The van der Waals surface area contributed by atoms with E-state index in [-0.39, 0.29) is 12.5 Å². The fourth-order valence-electron chi connectivity index (χ4n) is 9.94. The molecular weight excluding hydrogens is 819 g/mol. The molecule has 0 rings (SSSR count). The number of hydrogen-bond donors (Lipinski definition) is 3. The van der Waals surface area contributed by atoms with Crippen LogP contribution in [0.5, 0.6) is 0 Å². The van der Waals surface area contributed by atoms with Crippen LogP contribution in [-0.2, 0) is 4.79 Å². The number of aliphatic hydroxyl groups is 2. The Kier molecular flexibility index (Phi) is 58.2. The van der Waals surface area contributed by atoms with E-state index in [1.807, 2.05) is 6.08 Å². The van der Waals surface area contributed by atoms with Crippen LogP contribution >= 0.6 is 0 Å². The Morgan fingerprint density at radius 3 is 0.821 bits per heavy atom. The van der Waals surface area contributed by atoms with Crippen molar-refractivity contribution in [3.05, 3.63) is 24.3 Å². The quantitative estimate of drug-likeness (QED) is 0.0420. The van der Waals surface area contributed by atoms with Crippen LogP contribution in [-0.4, -0.2) is 34.9 Å². The molecule has 0 fully saturated rings. The van der Waals surface area contributed by atoms with Crippen LogP contribution in [0.2, 0.25) is 0 Å². The lowest BCUT2D eigenvalue weighted by molar-refractivity contribution is -0.123. The smallest absolute Gasteiger partial charge is 0.220 e. The fraction of sp³-hybridized carbons (Fsp3) is 0.921. The molecule has 0 heterocycles. The maximum Gasteiger partial charge on any atom is 0.220 e. The Morgan fingerprint density at radius 1 is 0.343 bits per heavy atom. The lowest BCUT2D eigenvalue weighted by Crippen LogP contribution is -2.45. The second kappa shape index (κ2) is 59.2. The van der Waals surface area contributed by atoms with E-state index < -0.39 is 12.1 Å². The van der Waals surface area contributed by atoms with Crippen molar-refractivity contribution in [2.75, 3.05) is 6.61 Å². The summed E-state index contributed by atoms with van der Waals surface area (Å²) in [7, 11) is 0. The molecule has 1 amide bonds. The Labute approximate surface area is 421 Å². The summed E-state index contributed by atoms with van der Waals surface area (Å²) in [5, 5.41) is 23.2. The van der Waals surface area contributed by atoms with Crippen LogP contribution in [0.15, 0.2) is 24.3 Å². The Hall–Kier alpha value is -1.13. The van der Waals surface area contributed by atoms with Gasteiger partial charge in [0.15, 0.2) is 0 Å². The zero-order valence-corrected chi connectivity index (χ0v) is 46.0. The highest BCUT2D eigenvalue weighted by Gasteiger charge is 2.18. The molecular formula is C63H123NO3. The van der Waals surface area contributed by atoms with Crippen molar-refractivity contribution in [3.8, 4) is 0 Å². The van der Waals surface area contributed by atoms with Crippen molar-refractivity contribution in [2.45, 2.75) is 366 Å². The zero-order valence-electron chi connectivity index (χ0n) is 46.0. The Bertz CT molecular complexity index is 978. The molecule has 0 saturated heterocycles. The highest BCUT2D eigenvalue weighted by atomic mass is 16.3. The third kappa shape index (κ3) is 55.7. The maximum atomic E-state index is 12.5. The monoisotopic (exact) mass is 942 g/mol. The number of aliphatic hydroxyl groups excluding tert-OH is 2. The summed E-state index contributed by atoms with van der Waals surface area (Å²) in [6.45, 7) is 4.36. The van der Waals surface area contributed by atoms with Gasteiger partial charge >= 0.3 is 0 Å². The van der Waals surface area contributed by atoms with Gasteiger partial charge < -0.3 is 15.5 Å². The summed E-state index contributed by atoms with van der Waals surface area (Å²) in [4.78, 5) is 12.5. The second-order valence-corrected chi connectivity index (χ2v) is 21.5. The summed E-state index contributed by atoms with van der Waals surface area (Å²) < 4.78 is 0. The van der Waals surface area contributed by atoms with E-state index in [9.17, 15) is 15.0 Å². The second-order valence-electron chi connectivity index (χ2n) is 21.5. The first kappa shape index (κ1) is 65.9. The van der Waals surface area contributed by atoms with Crippen LogP contribution < -0.4 is 5.32 Å². The van der Waals surface area contributed by atoms with Crippen molar-refractivity contribution < 1.29 is 15.0 Å². The topological polar surface area (TPSA) is 69.6 Å². The first-order valence-corrected chi connectivity index (χ1v) is 31.1. The van der Waals surface area contributed by atoms with E-state index in [0.717, 1.165) is 25.7 Å². The minimum absolute atomic E-state index is 0.0571. The standard InChI is InChI=1S/C63H123NO3/c1-3-5-7-9-11-13-15-17-19-21-23-25-27-29-30-31-32-33-35-37-39-41-43-45-47-49-51-53-55-57-59-63(67)64-61(60-65)62(66)58-56-54-52-50-48-46-44-42-40-38-36-34-28-26-24-22-20-18-16-14-12-10-8-6-4-2/h29-30,56,58,61-62,65-66H,3-28,31-55,57,59-60H2,1-2H3,(H,64,67)/b30-29-,58-56+. The minimum atomic E-state index is -0.838. The first-order chi connectivity index (χ1) is 33.2. The Balaban J connectivity index is 3.44. The van der Waals surface area contributed by atoms with Gasteiger partial charge in [0.05, 0.1) is 18.8 Å². The molecule has 0 aliphatic rings. The Morgan fingerprint density at radius 2 is 0.567 bits per heavy atom. The predicted octanol–water partition coefficient (Wildman–Crippen LogP) is 20.7. The lowest BCUT2D eigenvalue weighted by Gasteiger charge is -2.20. The van der Waals surface area contributed by atoms with Gasteiger partial charge in [-0.3, -0.25) is 4.79 Å². The maximum absolute atomic E-state index is 12.5. The van der Waals surface area contributed by atoms with Gasteiger partial charge in [-0.1, -0.05) is 327 Å². The van der Waals surface area contributed by atoms with Crippen molar-refractivity contribution in [1.82, 2.24) is 5.32 Å². The average Bonchev–Trinajstić information content (AvgIpc) is 3.33. The molecule has 67 heavy (non-hydrogen) atoms. The highest BCUT2D eigenvalue weighted by molar-refractivity contribution is 5.76. The number of rotatable bonds is 58. The molecule has 3 N–H and O–H groups in total. The van der Waals surface area contributed by atoms with E-state index in [2.05, 4.69) is 31.3 Å². The molecule has 398 valence electrons. The SMILES string of the molecule is CCCCCCCCCCCCCC/C=C\CCCCCCCCCCCCCCCCC(=O)NC(CO)C(O)/C=C/CCCCCCCCCCCCCCCCCCCCCCCCC. The van der Waals surface area contributed by atoms with Gasteiger partial charge in [-0.2, -0.15) is 0 Å². The summed E-state index contributed by atoms with van der Waals surface area (Å²) in [5.41, 5.74) is 0. The van der Waals surface area contributed by atoms with Crippen molar-refractivity contribution in [1.29, 1.82) is 0 Å². The third-order valence-electron chi connectivity index (χ3n) is 14.7. The molecule has 0 saturated carbocycles. The van der Waals surface area contributed by atoms with Gasteiger partial charge in [-0.05, 0) is 44.9 Å². The molecule has 0 aliphatic heterocycles. The van der Waals surface area contributed by atoms with E-state index in [4.69, 9.17) is 0 Å². The van der Waals surface area contributed by atoms with Gasteiger partial charge in [-0.15, -0.1) is 0 Å². The average molecular weight is 943 g/mol. The van der Waals surface area contributed by atoms with Gasteiger partial charge in [-0.25, -0.2) is 0 Å². The molecule has 4 heteroatoms. The molecule has 4 nitrogen and oxygen atoms in total. The van der Waals surface area contributed by atoms with Crippen LogP contribution in [0.4, 0.5) is 0 Å². The first-order valence-electron chi connectivity index (χ1n) is 31.1. The molecule has 2 atom stereocenters. The molecule has 0 aliphatic carbocycles. The van der Waals surface area contributed by atoms with Gasteiger partial charge in [0, 0.05) is 6.42 Å². The highest BCUT2D eigenvalue weighted by Crippen LogP contribution is 2.18. The van der Waals surface area contributed by atoms with E-state index >= 15 is 0 Å². The summed E-state index contributed by atoms with van der Waals surface area (Å²) >= 11 is 0. The molecule has 0 aromatic heterocycles. The largest absolute Gasteiger partial charge is 0.394 e. The van der Waals surface area contributed by atoms with Crippen molar-refractivity contribution in [2.24, 2.45) is 0 Å². The number of carbonyl (C=O) groups excluding carboxylic acids is 1. The third-order valence-corrected chi connectivity index (χ3v) is 14.7. The van der Waals surface area contributed by atoms with E-state index in [1.165, 1.54) is 308 Å². The van der Waals surface area contributed by atoms with Gasteiger partial charge in [0.1, 0.15) is 0 Å². The van der Waals surface area contributed by atoms with Gasteiger partial charge in [0.25, 0.3) is 0 Å².